The Kier molecular flexibility index (Phi) is 8.64. The number of urea groups is 1. The second-order valence-electron chi connectivity index (χ2n) is 10.2. The predicted molar refractivity (Wildman–Crippen MR) is 155 cm³/mol. The van der Waals surface area contributed by atoms with Crippen molar-refractivity contribution in [3.05, 3.63) is 72.1 Å². The van der Waals surface area contributed by atoms with Crippen LogP contribution in [0.15, 0.2) is 54.9 Å². The molecule has 224 valence electrons. The first kappa shape index (κ1) is 28.4. The van der Waals surface area contributed by atoms with Gasteiger partial charge in [-0.25, -0.2) is 23.5 Å². The molecule has 0 radical (unpaired) electrons. The van der Waals surface area contributed by atoms with Gasteiger partial charge in [-0.3, -0.25) is 0 Å². The monoisotopic (exact) mass is 591 g/mol. The number of carbonyl (C=O) groups excluding carboxylic acids is 1. The molecule has 43 heavy (non-hydrogen) atoms. The molecular formula is C31H31F2N5O5. The number of hydrogen-bond donors (Lipinski definition) is 2. The minimum atomic E-state index is -0.716. The molecule has 0 aliphatic carbocycles. The van der Waals surface area contributed by atoms with Crippen LogP contribution >= 0.6 is 0 Å². The Morgan fingerprint density at radius 3 is 2.53 bits per heavy atom. The topological polar surface area (TPSA) is 107 Å². The average Bonchev–Trinajstić information content (AvgIpc) is 3.54. The Bertz CT molecular complexity index is 1600. The predicted octanol–water partition coefficient (Wildman–Crippen LogP) is 5.66. The summed E-state index contributed by atoms with van der Waals surface area (Å²) in [5.41, 5.74) is 1.44. The minimum absolute atomic E-state index is 0.0870. The van der Waals surface area contributed by atoms with E-state index in [1.807, 2.05) is 0 Å². The van der Waals surface area contributed by atoms with Gasteiger partial charge in [-0.05, 0) is 62.2 Å². The van der Waals surface area contributed by atoms with Crippen LogP contribution in [0, 0.1) is 11.6 Å². The lowest BCUT2D eigenvalue weighted by Gasteiger charge is -2.23. The standard InChI is InChI=1S/C31H31F2N5O5/c32-21-6-4-20(5-7-21)18-34-31(39)37-22-8-9-25(23(33)16-22)43-30-27-24(35-19-36-30)17-26(28-29(27)42-15-14-41-28)40-13-3-12-38-10-1-2-11-38/h4-9,16-17,19H,1-3,10-15,18H2,(H2,34,37,39). The lowest BCUT2D eigenvalue weighted by molar-refractivity contribution is 0.162. The van der Waals surface area contributed by atoms with Gasteiger partial charge in [0, 0.05) is 30.9 Å². The summed E-state index contributed by atoms with van der Waals surface area (Å²) >= 11 is 0. The number of fused-ring (bicyclic) bond motifs is 3. The summed E-state index contributed by atoms with van der Waals surface area (Å²) in [5.74, 6) is 0.240. The number of nitrogens with zero attached hydrogens (tertiary/aromatic N) is 3. The Hall–Kier alpha value is -4.71. The minimum Gasteiger partial charge on any atom is -0.489 e. The van der Waals surface area contributed by atoms with Crippen molar-refractivity contribution >= 4 is 22.6 Å². The molecule has 3 heterocycles. The maximum atomic E-state index is 15.1. The van der Waals surface area contributed by atoms with E-state index in [0.717, 1.165) is 37.7 Å². The van der Waals surface area contributed by atoms with Gasteiger partial charge in [-0.2, -0.15) is 0 Å². The largest absolute Gasteiger partial charge is 0.489 e. The zero-order valence-corrected chi connectivity index (χ0v) is 23.4. The first-order chi connectivity index (χ1) is 21.0. The molecule has 3 aromatic carbocycles. The number of anilines is 1. The van der Waals surface area contributed by atoms with Crippen LogP contribution in [0.25, 0.3) is 10.9 Å². The van der Waals surface area contributed by atoms with Crippen LogP contribution in [0.3, 0.4) is 0 Å². The molecule has 2 N–H and O–H groups in total. The highest BCUT2D eigenvalue weighted by Gasteiger charge is 2.26. The number of amides is 2. The van der Waals surface area contributed by atoms with Crippen molar-refractivity contribution in [1.82, 2.24) is 20.2 Å². The number of nitrogens with one attached hydrogen (secondary N) is 2. The van der Waals surface area contributed by atoms with Crippen molar-refractivity contribution in [2.24, 2.45) is 0 Å². The fourth-order valence-electron chi connectivity index (χ4n) is 5.07. The SMILES string of the molecule is O=C(NCc1ccc(F)cc1)Nc1ccc(Oc2ncnc3cc(OCCCN4CCCC4)c4c(c23)OCCO4)c(F)c1. The maximum Gasteiger partial charge on any atom is 0.319 e. The summed E-state index contributed by atoms with van der Waals surface area (Å²) in [6.45, 7) is 4.61. The van der Waals surface area contributed by atoms with Crippen LogP contribution in [-0.4, -0.2) is 60.4 Å². The van der Waals surface area contributed by atoms with Gasteiger partial charge in [-0.1, -0.05) is 12.1 Å². The molecule has 12 heteroatoms. The number of halogens is 2. The van der Waals surface area contributed by atoms with E-state index in [9.17, 15) is 9.18 Å². The Morgan fingerprint density at radius 2 is 1.74 bits per heavy atom. The molecule has 10 nitrogen and oxygen atoms in total. The second-order valence-corrected chi connectivity index (χ2v) is 10.2. The highest BCUT2D eigenvalue weighted by molar-refractivity contribution is 5.94. The summed E-state index contributed by atoms with van der Waals surface area (Å²) in [6, 6.07) is 11.0. The molecule has 2 aliphatic heterocycles. The van der Waals surface area contributed by atoms with E-state index < -0.39 is 11.8 Å². The third kappa shape index (κ3) is 6.86. The number of benzene rings is 3. The molecule has 1 fully saturated rings. The van der Waals surface area contributed by atoms with Crippen LogP contribution in [0.5, 0.6) is 28.9 Å². The fourth-order valence-corrected chi connectivity index (χ4v) is 5.07. The zero-order valence-electron chi connectivity index (χ0n) is 23.4. The van der Waals surface area contributed by atoms with Crippen molar-refractivity contribution in [2.45, 2.75) is 25.8 Å². The molecule has 1 saturated heterocycles. The van der Waals surface area contributed by atoms with Gasteiger partial charge in [-0.15, -0.1) is 0 Å². The number of likely N-dealkylation sites (tertiary alicyclic amines) is 1. The van der Waals surface area contributed by atoms with Crippen LogP contribution in [0.2, 0.25) is 0 Å². The van der Waals surface area contributed by atoms with Gasteiger partial charge in [0.1, 0.15) is 30.7 Å². The Balaban J connectivity index is 1.15. The maximum absolute atomic E-state index is 15.1. The number of rotatable bonds is 10. The smallest absolute Gasteiger partial charge is 0.319 e. The van der Waals surface area contributed by atoms with E-state index in [2.05, 4.69) is 25.5 Å². The third-order valence-corrected chi connectivity index (χ3v) is 7.18. The van der Waals surface area contributed by atoms with Gasteiger partial charge in [0.15, 0.2) is 23.1 Å². The summed E-state index contributed by atoms with van der Waals surface area (Å²) in [5, 5.41) is 5.65. The number of aromatic nitrogens is 2. The highest BCUT2D eigenvalue weighted by atomic mass is 19.1. The van der Waals surface area contributed by atoms with Crippen LogP contribution in [0.1, 0.15) is 24.8 Å². The second kappa shape index (κ2) is 13.1. The van der Waals surface area contributed by atoms with E-state index in [1.165, 1.54) is 43.4 Å². The van der Waals surface area contributed by atoms with Gasteiger partial charge in [0.25, 0.3) is 0 Å². The molecule has 0 spiro atoms. The van der Waals surface area contributed by atoms with Gasteiger partial charge in [0.2, 0.25) is 11.6 Å². The van der Waals surface area contributed by atoms with E-state index >= 15 is 4.39 Å². The first-order valence-corrected chi connectivity index (χ1v) is 14.2. The van der Waals surface area contributed by atoms with E-state index in [-0.39, 0.29) is 29.7 Å². The Labute approximate surface area is 246 Å². The van der Waals surface area contributed by atoms with E-state index in [0.29, 0.717) is 48.0 Å². The average molecular weight is 592 g/mol. The number of hydrogen-bond acceptors (Lipinski definition) is 8. The highest BCUT2D eigenvalue weighted by Crippen LogP contribution is 2.48. The van der Waals surface area contributed by atoms with Crippen molar-refractivity contribution in [3.63, 3.8) is 0 Å². The summed E-state index contributed by atoms with van der Waals surface area (Å²) in [4.78, 5) is 23.3. The molecular weight excluding hydrogens is 560 g/mol. The first-order valence-electron chi connectivity index (χ1n) is 14.2. The van der Waals surface area contributed by atoms with Crippen LogP contribution < -0.4 is 29.6 Å². The number of ether oxygens (including phenoxy) is 4. The van der Waals surface area contributed by atoms with Crippen molar-refractivity contribution in [2.75, 3.05) is 44.8 Å². The van der Waals surface area contributed by atoms with E-state index in [4.69, 9.17) is 18.9 Å². The van der Waals surface area contributed by atoms with Crippen molar-refractivity contribution in [1.29, 1.82) is 0 Å². The molecule has 1 aromatic heterocycles. The normalized spacial score (nSPS) is 14.5. The fraction of sp³-hybridized carbons (Fsp3) is 0.323. The quantitative estimate of drug-likeness (QED) is 0.228. The molecule has 6 rings (SSSR count). The van der Waals surface area contributed by atoms with Crippen LogP contribution in [-0.2, 0) is 6.54 Å². The molecule has 2 aliphatic rings. The summed E-state index contributed by atoms with van der Waals surface area (Å²) in [7, 11) is 0. The van der Waals surface area contributed by atoms with Gasteiger partial charge in [0.05, 0.1) is 12.1 Å². The molecule has 0 saturated carbocycles. The molecule has 4 aromatic rings. The molecule has 0 bridgehead atoms. The molecule has 0 atom stereocenters. The third-order valence-electron chi connectivity index (χ3n) is 7.18. The van der Waals surface area contributed by atoms with Crippen LogP contribution in [0.4, 0.5) is 19.3 Å². The van der Waals surface area contributed by atoms with Crippen molar-refractivity contribution < 1.29 is 32.5 Å². The Morgan fingerprint density at radius 1 is 0.953 bits per heavy atom. The molecule has 2 amide bonds. The number of carbonyl (C=O) groups is 1. The summed E-state index contributed by atoms with van der Waals surface area (Å²) < 4.78 is 52.0. The molecule has 0 unspecified atom stereocenters. The zero-order chi connectivity index (χ0) is 29.6. The van der Waals surface area contributed by atoms with Gasteiger partial charge >= 0.3 is 6.03 Å². The summed E-state index contributed by atoms with van der Waals surface area (Å²) in [6.07, 6.45) is 4.70. The lowest BCUT2D eigenvalue weighted by atomic mass is 10.1. The van der Waals surface area contributed by atoms with E-state index in [1.54, 1.807) is 18.2 Å². The van der Waals surface area contributed by atoms with Gasteiger partial charge < -0.3 is 34.5 Å². The lowest BCUT2D eigenvalue weighted by Crippen LogP contribution is -2.28. The van der Waals surface area contributed by atoms with Crippen molar-refractivity contribution in [3.8, 4) is 28.9 Å².